The first-order chi connectivity index (χ1) is 13.6. The minimum atomic E-state index is -0.251. The van der Waals surface area contributed by atoms with Crippen molar-refractivity contribution in [3.05, 3.63) is 82.2 Å². The molecule has 142 valence electrons. The monoisotopic (exact) mass is 377 g/mol. The number of nitrogens with one attached hydrogen (secondary N) is 1. The Balaban J connectivity index is 1.38. The number of aromatic nitrogens is 2. The molecule has 1 amide bonds. The van der Waals surface area contributed by atoms with Gasteiger partial charge in [0.05, 0.1) is 10.9 Å². The highest BCUT2D eigenvalue weighted by Crippen LogP contribution is 2.23. The lowest BCUT2D eigenvalue weighted by molar-refractivity contribution is -0.130. The Hall–Kier alpha value is -3.28. The van der Waals surface area contributed by atoms with Crippen molar-refractivity contribution in [3.8, 4) is 0 Å². The zero-order valence-corrected chi connectivity index (χ0v) is 15.3. The van der Waals surface area contributed by atoms with Crippen LogP contribution in [-0.4, -0.2) is 33.9 Å². The van der Waals surface area contributed by atoms with E-state index in [1.807, 2.05) is 17.0 Å². The average molecular weight is 377 g/mol. The molecule has 0 atom stereocenters. The van der Waals surface area contributed by atoms with Crippen molar-refractivity contribution in [2.75, 3.05) is 13.1 Å². The molecule has 4 rings (SSSR count). The third kappa shape index (κ3) is 3.86. The maximum Gasteiger partial charge on any atom is 0.257 e. The summed E-state index contributed by atoms with van der Waals surface area (Å²) in [5, 5.41) is 0.548. The van der Waals surface area contributed by atoms with Gasteiger partial charge in [0.15, 0.2) is 0 Å². The van der Waals surface area contributed by atoms with E-state index in [4.69, 9.17) is 0 Å². The summed E-state index contributed by atoms with van der Waals surface area (Å²) in [5.74, 6) is -0.199. The van der Waals surface area contributed by atoms with E-state index in [2.05, 4.69) is 9.97 Å². The summed E-state index contributed by atoms with van der Waals surface area (Å²) in [6, 6.07) is 11.7. The van der Waals surface area contributed by atoms with Crippen LogP contribution < -0.4 is 5.56 Å². The van der Waals surface area contributed by atoms with Gasteiger partial charge in [-0.3, -0.25) is 14.6 Å². The zero-order chi connectivity index (χ0) is 19.5. The van der Waals surface area contributed by atoms with Crippen LogP contribution in [0.25, 0.3) is 16.5 Å². The normalized spacial score (nSPS) is 14.2. The van der Waals surface area contributed by atoms with Gasteiger partial charge in [0.25, 0.3) is 5.56 Å². The van der Waals surface area contributed by atoms with Crippen molar-refractivity contribution in [1.82, 2.24) is 14.9 Å². The number of amides is 1. The molecule has 1 aliphatic rings. The molecule has 0 aliphatic carbocycles. The van der Waals surface area contributed by atoms with Gasteiger partial charge < -0.3 is 9.88 Å². The second-order valence-corrected chi connectivity index (χ2v) is 6.89. The van der Waals surface area contributed by atoms with Crippen molar-refractivity contribution < 1.29 is 9.18 Å². The van der Waals surface area contributed by atoms with E-state index < -0.39 is 0 Å². The van der Waals surface area contributed by atoms with Crippen LogP contribution in [-0.2, 0) is 11.2 Å². The lowest BCUT2D eigenvalue weighted by Gasteiger charge is -2.26. The van der Waals surface area contributed by atoms with Gasteiger partial charge in [-0.15, -0.1) is 0 Å². The Bertz CT molecular complexity index is 1100. The highest BCUT2D eigenvalue weighted by Gasteiger charge is 2.18. The minimum absolute atomic E-state index is 0.0522. The van der Waals surface area contributed by atoms with Crippen LogP contribution in [0.5, 0.6) is 0 Å². The van der Waals surface area contributed by atoms with Gasteiger partial charge in [0, 0.05) is 31.4 Å². The first kappa shape index (κ1) is 18.1. The number of nitrogens with zero attached hydrogens (tertiary/aromatic N) is 2. The van der Waals surface area contributed by atoms with Gasteiger partial charge >= 0.3 is 0 Å². The summed E-state index contributed by atoms with van der Waals surface area (Å²) in [7, 11) is 0. The molecule has 3 aromatic rings. The number of fused-ring (bicyclic) bond motifs is 1. The molecule has 1 aliphatic heterocycles. The third-order valence-corrected chi connectivity index (χ3v) is 5.05. The van der Waals surface area contributed by atoms with Crippen LogP contribution in [0, 0.1) is 5.82 Å². The Morgan fingerprint density at radius 2 is 2.04 bits per heavy atom. The first-order valence-corrected chi connectivity index (χ1v) is 9.30. The SMILES string of the molecule is O=C(CCc1cc2ncccc2c(=O)[nH]1)N1CC=C(c2ccc(F)cc2)CC1. The number of halogens is 1. The molecule has 0 radical (unpaired) electrons. The lowest BCUT2D eigenvalue weighted by Crippen LogP contribution is -2.34. The molecule has 3 heterocycles. The van der Waals surface area contributed by atoms with E-state index in [1.165, 1.54) is 12.1 Å². The van der Waals surface area contributed by atoms with Crippen LogP contribution in [0.1, 0.15) is 24.1 Å². The van der Waals surface area contributed by atoms with Crippen molar-refractivity contribution >= 4 is 22.4 Å². The van der Waals surface area contributed by atoms with Crippen molar-refractivity contribution in [2.24, 2.45) is 0 Å². The number of rotatable bonds is 4. The van der Waals surface area contributed by atoms with Crippen LogP contribution in [0.4, 0.5) is 4.39 Å². The third-order valence-electron chi connectivity index (χ3n) is 5.05. The van der Waals surface area contributed by atoms with Gasteiger partial charge in [-0.1, -0.05) is 18.2 Å². The summed E-state index contributed by atoms with van der Waals surface area (Å²) in [6.45, 7) is 1.18. The Morgan fingerprint density at radius 1 is 1.21 bits per heavy atom. The zero-order valence-electron chi connectivity index (χ0n) is 15.3. The van der Waals surface area contributed by atoms with E-state index in [0.717, 1.165) is 17.6 Å². The van der Waals surface area contributed by atoms with E-state index >= 15 is 0 Å². The second kappa shape index (κ2) is 7.76. The molecule has 0 bridgehead atoms. The number of carbonyl (C=O) groups excluding carboxylic acids is 1. The molecule has 28 heavy (non-hydrogen) atoms. The van der Waals surface area contributed by atoms with Crippen LogP contribution in [0.2, 0.25) is 0 Å². The Labute approximate surface area is 161 Å². The quantitative estimate of drug-likeness (QED) is 0.759. The van der Waals surface area contributed by atoms with E-state index in [0.29, 0.717) is 42.5 Å². The highest BCUT2D eigenvalue weighted by atomic mass is 19.1. The number of benzene rings is 1. The van der Waals surface area contributed by atoms with Crippen molar-refractivity contribution in [1.29, 1.82) is 0 Å². The summed E-state index contributed by atoms with van der Waals surface area (Å²) in [4.78, 5) is 33.5. The molecule has 1 aromatic carbocycles. The fourth-order valence-corrected chi connectivity index (χ4v) is 3.50. The van der Waals surface area contributed by atoms with Crippen molar-refractivity contribution in [3.63, 3.8) is 0 Å². The predicted octanol–water partition coefficient (Wildman–Crippen LogP) is 3.31. The Morgan fingerprint density at radius 3 is 2.79 bits per heavy atom. The number of H-pyrrole nitrogens is 1. The Kier molecular flexibility index (Phi) is 5.02. The molecule has 1 N–H and O–H groups in total. The van der Waals surface area contributed by atoms with Crippen LogP contribution >= 0.6 is 0 Å². The maximum atomic E-state index is 13.1. The molecular formula is C22H20FN3O2. The molecule has 0 spiro atoms. The number of hydrogen-bond acceptors (Lipinski definition) is 3. The molecule has 6 heteroatoms. The van der Waals surface area contributed by atoms with E-state index in [-0.39, 0.29) is 17.3 Å². The standard InChI is InChI=1S/C22H20FN3O2/c23-17-5-3-15(4-6-17)16-9-12-26(13-10-16)21(27)8-7-18-14-20-19(22(28)25-18)2-1-11-24-20/h1-6,9,11,14H,7-8,10,12-13H2,(H,25,28). The van der Waals surface area contributed by atoms with Crippen LogP contribution in [0.15, 0.2) is 59.5 Å². The smallest absolute Gasteiger partial charge is 0.257 e. The molecule has 0 saturated carbocycles. The fraction of sp³-hybridized carbons (Fsp3) is 0.227. The number of carbonyl (C=O) groups is 1. The topological polar surface area (TPSA) is 66.1 Å². The molecule has 2 aromatic heterocycles. The summed E-state index contributed by atoms with van der Waals surface area (Å²) in [5.41, 5.74) is 3.30. The van der Waals surface area contributed by atoms with Crippen molar-refractivity contribution in [2.45, 2.75) is 19.3 Å². The van der Waals surface area contributed by atoms with Crippen LogP contribution in [0.3, 0.4) is 0 Å². The molecular weight excluding hydrogens is 357 g/mol. The lowest BCUT2D eigenvalue weighted by atomic mass is 9.99. The predicted molar refractivity (Wildman–Crippen MR) is 106 cm³/mol. The molecule has 0 saturated heterocycles. The molecule has 5 nitrogen and oxygen atoms in total. The van der Waals surface area contributed by atoms with Gasteiger partial charge in [0.1, 0.15) is 5.82 Å². The van der Waals surface area contributed by atoms with Gasteiger partial charge in [-0.25, -0.2) is 4.39 Å². The summed E-state index contributed by atoms with van der Waals surface area (Å²) < 4.78 is 13.1. The van der Waals surface area contributed by atoms with Gasteiger partial charge in [-0.05, 0) is 54.3 Å². The van der Waals surface area contributed by atoms with Gasteiger partial charge in [0.2, 0.25) is 5.91 Å². The fourth-order valence-electron chi connectivity index (χ4n) is 3.50. The maximum absolute atomic E-state index is 13.1. The summed E-state index contributed by atoms with van der Waals surface area (Å²) in [6.07, 6.45) is 5.21. The molecule has 0 unspecified atom stereocenters. The average Bonchev–Trinajstić information content (AvgIpc) is 2.73. The molecule has 0 fully saturated rings. The second-order valence-electron chi connectivity index (χ2n) is 6.89. The number of aryl methyl sites for hydroxylation is 1. The number of pyridine rings is 2. The van der Waals surface area contributed by atoms with E-state index in [1.54, 1.807) is 30.5 Å². The van der Waals surface area contributed by atoms with E-state index in [9.17, 15) is 14.0 Å². The highest BCUT2D eigenvalue weighted by molar-refractivity contribution is 5.79. The first-order valence-electron chi connectivity index (χ1n) is 9.30. The number of aromatic amines is 1. The van der Waals surface area contributed by atoms with Gasteiger partial charge in [-0.2, -0.15) is 0 Å². The minimum Gasteiger partial charge on any atom is -0.339 e. The number of hydrogen-bond donors (Lipinski definition) is 1. The summed E-state index contributed by atoms with van der Waals surface area (Å²) >= 11 is 0. The largest absolute Gasteiger partial charge is 0.339 e.